The zero-order valence-electron chi connectivity index (χ0n) is 19.7. The first-order valence-electron chi connectivity index (χ1n) is 11.8. The number of aromatic nitrogens is 1. The minimum Gasteiger partial charge on any atom is -0.465 e. The third-order valence-electron chi connectivity index (χ3n) is 7.20. The van der Waals surface area contributed by atoms with Crippen molar-refractivity contribution in [1.82, 2.24) is 9.88 Å². The van der Waals surface area contributed by atoms with Crippen molar-refractivity contribution in [3.8, 4) is 0 Å². The number of anilines is 2. The zero-order chi connectivity index (χ0) is 23.6. The smallest absolute Gasteiger partial charge is 0.407 e. The molecule has 1 aromatic heterocycles. The zero-order valence-corrected chi connectivity index (χ0v) is 20.5. The SMILES string of the molecule is CC(C)(C)C1CC(C2CCN(C(=O)O)CC2)CCN1c1ccc(NC(=O)c2nccs2)cc1. The molecule has 2 fully saturated rings. The largest absolute Gasteiger partial charge is 0.465 e. The van der Waals surface area contributed by atoms with Crippen LogP contribution in [-0.2, 0) is 0 Å². The second-order valence-electron chi connectivity index (χ2n) is 10.3. The molecule has 8 heteroatoms. The van der Waals surface area contributed by atoms with E-state index in [2.05, 4.69) is 48.1 Å². The number of likely N-dealkylation sites (tertiary alicyclic amines) is 1. The van der Waals surface area contributed by atoms with Crippen LogP contribution in [0.3, 0.4) is 0 Å². The van der Waals surface area contributed by atoms with Crippen molar-refractivity contribution in [1.29, 1.82) is 0 Å². The molecule has 0 radical (unpaired) electrons. The van der Waals surface area contributed by atoms with Crippen LogP contribution in [0.4, 0.5) is 16.2 Å². The second-order valence-corrected chi connectivity index (χ2v) is 11.2. The van der Waals surface area contributed by atoms with Gasteiger partial charge in [0.05, 0.1) is 0 Å². The first-order chi connectivity index (χ1) is 15.7. The highest BCUT2D eigenvalue weighted by molar-refractivity contribution is 7.11. The topological polar surface area (TPSA) is 85.8 Å². The number of carboxylic acid groups (broad SMARTS) is 1. The van der Waals surface area contributed by atoms with Crippen molar-refractivity contribution in [2.45, 2.75) is 52.5 Å². The van der Waals surface area contributed by atoms with Gasteiger partial charge in [0, 0.05) is 48.6 Å². The summed E-state index contributed by atoms with van der Waals surface area (Å²) in [5, 5.41) is 14.4. The predicted molar refractivity (Wildman–Crippen MR) is 132 cm³/mol. The van der Waals surface area contributed by atoms with E-state index in [4.69, 9.17) is 0 Å². The Kier molecular flexibility index (Phi) is 6.93. The molecule has 33 heavy (non-hydrogen) atoms. The third-order valence-corrected chi connectivity index (χ3v) is 7.97. The highest BCUT2D eigenvalue weighted by Crippen LogP contribution is 2.42. The Balaban J connectivity index is 1.42. The maximum absolute atomic E-state index is 12.3. The quantitative estimate of drug-likeness (QED) is 0.623. The molecule has 2 aliphatic rings. The fraction of sp³-hybridized carbons (Fsp3) is 0.560. The molecule has 2 aliphatic heterocycles. The number of rotatable bonds is 4. The number of thiazole rings is 1. The van der Waals surface area contributed by atoms with Crippen LogP contribution in [0.5, 0.6) is 0 Å². The molecule has 0 saturated carbocycles. The predicted octanol–water partition coefficient (Wildman–Crippen LogP) is 5.42. The van der Waals surface area contributed by atoms with Crippen LogP contribution in [0.25, 0.3) is 0 Å². The van der Waals surface area contributed by atoms with Gasteiger partial charge in [-0.05, 0) is 67.2 Å². The second kappa shape index (κ2) is 9.71. The average molecular weight is 471 g/mol. The maximum atomic E-state index is 12.3. The number of carbonyl (C=O) groups is 2. The van der Waals surface area contributed by atoms with Crippen LogP contribution in [-0.4, -0.2) is 52.7 Å². The summed E-state index contributed by atoms with van der Waals surface area (Å²) in [6.07, 6.45) is 5.05. The Bertz CT molecular complexity index is 947. The molecule has 0 bridgehead atoms. The van der Waals surface area contributed by atoms with Gasteiger partial charge in [-0.2, -0.15) is 0 Å². The van der Waals surface area contributed by atoms with Gasteiger partial charge in [-0.3, -0.25) is 4.79 Å². The van der Waals surface area contributed by atoms with Crippen LogP contribution in [0.15, 0.2) is 35.8 Å². The summed E-state index contributed by atoms with van der Waals surface area (Å²) < 4.78 is 0. The fourth-order valence-electron chi connectivity index (χ4n) is 5.37. The van der Waals surface area contributed by atoms with E-state index in [9.17, 15) is 14.7 Å². The van der Waals surface area contributed by atoms with E-state index < -0.39 is 6.09 Å². The van der Waals surface area contributed by atoms with Crippen LogP contribution >= 0.6 is 11.3 Å². The molecule has 1 aromatic carbocycles. The van der Waals surface area contributed by atoms with Crippen LogP contribution in [0.1, 0.15) is 56.3 Å². The molecule has 0 aliphatic carbocycles. The van der Waals surface area contributed by atoms with Crippen molar-refractivity contribution >= 4 is 34.7 Å². The maximum Gasteiger partial charge on any atom is 0.407 e. The Morgan fingerprint density at radius 3 is 2.30 bits per heavy atom. The van der Waals surface area contributed by atoms with Gasteiger partial charge in [0.1, 0.15) is 0 Å². The van der Waals surface area contributed by atoms with Gasteiger partial charge in [-0.1, -0.05) is 20.8 Å². The summed E-state index contributed by atoms with van der Waals surface area (Å²) in [5.41, 5.74) is 2.07. The molecule has 2 amide bonds. The van der Waals surface area contributed by atoms with E-state index in [1.807, 2.05) is 12.1 Å². The van der Waals surface area contributed by atoms with Crippen molar-refractivity contribution in [3.05, 3.63) is 40.8 Å². The number of nitrogens with one attached hydrogen (secondary N) is 1. The van der Waals surface area contributed by atoms with Crippen molar-refractivity contribution < 1.29 is 14.7 Å². The molecule has 2 unspecified atom stereocenters. The normalized spacial score (nSPS) is 22.3. The summed E-state index contributed by atoms with van der Waals surface area (Å²) in [4.78, 5) is 31.7. The molecule has 2 saturated heterocycles. The Labute approximate surface area is 199 Å². The summed E-state index contributed by atoms with van der Waals surface area (Å²) in [6.45, 7) is 9.24. The highest BCUT2D eigenvalue weighted by Gasteiger charge is 2.39. The number of hydrogen-bond donors (Lipinski definition) is 2. The Morgan fingerprint density at radius 1 is 1.06 bits per heavy atom. The van der Waals surface area contributed by atoms with Gasteiger partial charge in [-0.25, -0.2) is 9.78 Å². The number of amides is 2. The lowest BCUT2D eigenvalue weighted by atomic mass is 9.71. The van der Waals surface area contributed by atoms with Crippen LogP contribution < -0.4 is 10.2 Å². The van der Waals surface area contributed by atoms with Gasteiger partial charge in [-0.15, -0.1) is 11.3 Å². The molecule has 4 rings (SSSR count). The first kappa shape index (κ1) is 23.5. The molecule has 2 aromatic rings. The number of hydrogen-bond acceptors (Lipinski definition) is 5. The van der Waals surface area contributed by atoms with E-state index >= 15 is 0 Å². The van der Waals surface area contributed by atoms with Crippen molar-refractivity contribution in [3.63, 3.8) is 0 Å². The van der Waals surface area contributed by atoms with E-state index in [1.54, 1.807) is 16.5 Å². The molecule has 178 valence electrons. The summed E-state index contributed by atoms with van der Waals surface area (Å²) in [7, 11) is 0. The molecule has 3 heterocycles. The lowest BCUT2D eigenvalue weighted by molar-refractivity contribution is 0.0958. The van der Waals surface area contributed by atoms with Gasteiger partial charge < -0.3 is 20.2 Å². The van der Waals surface area contributed by atoms with E-state index in [-0.39, 0.29) is 11.3 Å². The molecule has 0 spiro atoms. The lowest BCUT2D eigenvalue weighted by Gasteiger charge is -2.49. The standard InChI is InChI=1S/C25H34N4O3S/c1-25(2,3)21-16-18(17-8-12-28(13-9-17)24(31)32)10-14-29(21)20-6-4-19(5-7-20)27-22(30)23-26-11-15-33-23/h4-7,11,15,17-18,21H,8-10,12-14,16H2,1-3H3,(H,27,30)(H,31,32). The van der Waals surface area contributed by atoms with Gasteiger partial charge in [0.25, 0.3) is 5.91 Å². The molecular formula is C25H34N4O3S. The summed E-state index contributed by atoms with van der Waals surface area (Å²) in [6, 6.07) is 8.54. The molecular weight excluding hydrogens is 436 g/mol. The third kappa shape index (κ3) is 5.49. The Morgan fingerprint density at radius 2 is 1.73 bits per heavy atom. The highest BCUT2D eigenvalue weighted by atomic mass is 32.1. The van der Waals surface area contributed by atoms with E-state index in [0.29, 0.717) is 36.0 Å². The molecule has 2 N–H and O–H groups in total. The van der Waals surface area contributed by atoms with Gasteiger partial charge in [0.2, 0.25) is 0 Å². The van der Waals surface area contributed by atoms with Crippen molar-refractivity contribution in [2.24, 2.45) is 17.3 Å². The summed E-state index contributed by atoms with van der Waals surface area (Å²) in [5.74, 6) is 1.06. The van der Waals surface area contributed by atoms with Crippen molar-refractivity contribution in [2.75, 3.05) is 29.9 Å². The summed E-state index contributed by atoms with van der Waals surface area (Å²) >= 11 is 1.33. The average Bonchev–Trinajstić information content (AvgIpc) is 3.34. The number of piperidine rings is 2. The monoisotopic (exact) mass is 470 g/mol. The number of benzene rings is 1. The number of nitrogens with zero attached hydrogens (tertiary/aromatic N) is 3. The Hall–Kier alpha value is -2.61. The molecule has 7 nitrogen and oxygen atoms in total. The minimum atomic E-state index is -0.790. The molecule has 2 atom stereocenters. The number of carbonyl (C=O) groups excluding carboxylic acids is 1. The van der Waals surface area contributed by atoms with E-state index in [0.717, 1.165) is 37.9 Å². The van der Waals surface area contributed by atoms with Gasteiger partial charge in [0.15, 0.2) is 5.01 Å². The van der Waals surface area contributed by atoms with E-state index in [1.165, 1.54) is 17.0 Å². The minimum absolute atomic E-state index is 0.123. The van der Waals surface area contributed by atoms with Gasteiger partial charge >= 0.3 is 6.09 Å². The first-order valence-corrected chi connectivity index (χ1v) is 12.7. The fourth-order valence-corrected chi connectivity index (χ4v) is 5.90. The lowest BCUT2D eigenvalue weighted by Crippen LogP contribution is -2.51. The van der Waals surface area contributed by atoms with Crippen LogP contribution in [0, 0.1) is 17.3 Å². The van der Waals surface area contributed by atoms with Crippen LogP contribution in [0.2, 0.25) is 0 Å².